The summed E-state index contributed by atoms with van der Waals surface area (Å²) in [5.41, 5.74) is 6.16. The Balaban J connectivity index is 1.62. The summed E-state index contributed by atoms with van der Waals surface area (Å²) in [5, 5.41) is 14.9. The van der Waals surface area contributed by atoms with Crippen molar-refractivity contribution in [2.45, 2.75) is 69.1 Å². The fraction of sp³-hybridized carbons (Fsp3) is 0.786. The summed E-state index contributed by atoms with van der Waals surface area (Å²) in [6.45, 7) is 0. The van der Waals surface area contributed by atoms with Crippen LogP contribution in [0.3, 0.4) is 0 Å². The van der Waals surface area contributed by atoms with Crippen molar-refractivity contribution >= 4 is 0 Å². The lowest BCUT2D eigenvalue weighted by Crippen LogP contribution is -2.52. The number of hydrogen-bond donors (Lipinski definition) is 2. The molecule has 0 spiro atoms. The largest absolute Gasteiger partial charge is 0.389 e. The fourth-order valence-electron chi connectivity index (χ4n) is 3.42. The summed E-state index contributed by atoms with van der Waals surface area (Å²) in [6, 6.07) is 2.80. The first-order chi connectivity index (χ1) is 8.65. The van der Waals surface area contributed by atoms with Crippen molar-refractivity contribution in [3.05, 3.63) is 18.0 Å². The van der Waals surface area contributed by atoms with E-state index in [4.69, 9.17) is 5.73 Å². The first-order valence-electron chi connectivity index (χ1n) is 7.17. The first-order valence-corrected chi connectivity index (χ1v) is 7.17. The standard InChI is InChI=1S/C14H23N3O/c15-11-8-14(18,9-11)10-12-6-7-17(16-12)13-4-2-1-3-5-13/h6-7,11,13,18H,1-5,8-10,15H2. The van der Waals surface area contributed by atoms with E-state index in [1.807, 2.05) is 0 Å². The topological polar surface area (TPSA) is 64.1 Å². The number of nitrogens with two attached hydrogens (primary N) is 1. The lowest BCUT2D eigenvalue weighted by molar-refractivity contribution is -0.0463. The molecule has 2 aliphatic carbocycles. The number of nitrogens with zero attached hydrogens (tertiary/aromatic N) is 2. The van der Waals surface area contributed by atoms with Crippen molar-refractivity contribution in [3.63, 3.8) is 0 Å². The molecule has 1 aromatic heterocycles. The molecule has 1 heterocycles. The Labute approximate surface area is 108 Å². The number of aromatic nitrogens is 2. The van der Waals surface area contributed by atoms with Gasteiger partial charge in [0.05, 0.1) is 17.3 Å². The summed E-state index contributed by atoms with van der Waals surface area (Å²) >= 11 is 0. The van der Waals surface area contributed by atoms with Gasteiger partial charge in [0, 0.05) is 18.7 Å². The molecule has 0 amide bonds. The van der Waals surface area contributed by atoms with Crippen LogP contribution in [-0.4, -0.2) is 26.5 Å². The molecule has 2 aliphatic rings. The molecule has 4 heteroatoms. The highest BCUT2D eigenvalue weighted by Gasteiger charge is 2.41. The van der Waals surface area contributed by atoms with Gasteiger partial charge in [-0.05, 0) is 31.7 Å². The molecule has 4 nitrogen and oxygen atoms in total. The molecule has 0 bridgehead atoms. The normalized spacial score (nSPS) is 33.3. The summed E-state index contributed by atoms with van der Waals surface area (Å²) in [7, 11) is 0. The van der Waals surface area contributed by atoms with Crippen molar-refractivity contribution < 1.29 is 5.11 Å². The van der Waals surface area contributed by atoms with Crippen LogP contribution < -0.4 is 5.73 Å². The third kappa shape index (κ3) is 2.45. The Hall–Kier alpha value is -0.870. The van der Waals surface area contributed by atoms with E-state index in [1.165, 1.54) is 32.1 Å². The Kier molecular flexibility index (Phi) is 3.16. The van der Waals surface area contributed by atoms with E-state index in [0.29, 0.717) is 25.3 Å². The Morgan fingerprint density at radius 3 is 2.72 bits per heavy atom. The SMILES string of the molecule is NC1CC(O)(Cc2ccn(C3CCCCC3)n2)C1. The molecule has 1 aromatic rings. The molecule has 3 rings (SSSR count). The van der Waals surface area contributed by atoms with E-state index in [-0.39, 0.29) is 6.04 Å². The van der Waals surface area contributed by atoms with Crippen LogP contribution >= 0.6 is 0 Å². The summed E-state index contributed by atoms with van der Waals surface area (Å²) in [6.07, 6.45) is 10.6. The van der Waals surface area contributed by atoms with Crippen LogP contribution in [0.15, 0.2) is 12.3 Å². The molecule has 0 aromatic carbocycles. The maximum absolute atomic E-state index is 10.2. The van der Waals surface area contributed by atoms with Gasteiger partial charge >= 0.3 is 0 Å². The van der Waals surface area contributed by atoms with Crippen LogP contribution in [0, 0.1) is 0 Å². The molecule has 0 aliphatic heterocycles. The van der Waals surface area contributed by atoms with Crippen LogP contribution in [0.1, 0.15) is 56.7 Å². The van der Waals surface area contributed by atoms with E-state index in [9.17, 15) is 5.11 Å². The van der Waals surface area contributed by atoms with Gasteiger partial charge in [0.25, 0.3) is 0 Å². The van der Waals surface area contributed by atoms with Crippen LogP contribution in [0.5, 0.6) is 0 Å². The smallest absolute Gasteiger partial charge is 0.0733 e. The molecule has 3 N–H and O–H groups in total. The van der Waals surface area contributed by atoms with Gasteiger partial charge in [0.2, 0.25) is 0 Å². The lowest BCUT2D eigenvalue weighted by atomic mass is 9.73. The minimum Gasteiger partial charge on any atom is -0.389 e. The van der Waals surface area contributed by atoms with E-state index in [1.54, 1.807) is 0 Å². The molecular formula is C14H23N3O. The molecule has 2 saturated carbocycles. The number of hydrogen-bond acceptors (Lipinski definition) is 3. The minimum absolute atomic E-state index is 0.176. The van der Waals surface area contributed by atoms with Crippen molar-refractivity contribution in [1.29, 1.82) is 0 Å². The monoisotopic (exact) mass is 249 g/mol. The molecular weight excluding hydrogens is 226 g/mol. The average molecular weight is 249 g/mol. The summed E-state index contributed by atoms with van der Waals surface area (Å²) < 4.78 is 2.11. The highest BCUT2D eigenvalue weighted by Crippen LogP contribution is 2.34. The van der Waals surface area contributed by atoms with Crippen molar-refractivity contribution in [2.75, 3.05) is 0 Å². The molecule has 2 fully saturated rings. The molecule has 100 valence electrons. The maximum atomic E-state index is 10.2. The van der Waals surface area contributed by atoms with Gasteiger partial charge in [0.1, 0.15) is 0 Å². The van der Waals surface area contributed by atoms with Crippen molar-refractivity contribution in [2.24, 2.45) is 5.73 Å². The van der Waals surface area contributed by atoms with Crippen LogP contribution in [0.25, 0.3) is 0 Å². The van der Waals surface area contributed by atoms with Crippen LogP contribution in [0.2, 0.25) is 0 Å². The minimum atomic E-state index is -0.592. The van der Waals surface area contributed by atoms with Gasteiger partial charge in [-0.1, -0.05) is 19.3 Å². The van der Waals surface area contributed by atoms with E-state index < -0.39 is 5.60 Å². The van der Waals surface area contributed by atoms with E-state index in [0.717, 1.165) is 5.69 Å². The summed E-state index contributed by atoms with van der Waals surface area (Å²) in [5.74, 6) is 0. The molecule has 18 heavy (non-hydrogen) atoms. The Morgan fingerprint density at radius 2 is 2.06 bits per heavy atom. The zero-order chi connectivity index (χ0) is 12.6. The van der Waals surface area contributed by atoms with Crippen LogP contribution in [-0.2, 0) is 6.42 Å². The third-order valence-corrected chi connectivity index (χ3v) is 4.41. The predicted molar refractivity (Wildman–Crippen MR) is 70.2 cm³/mol. The second kappa shape index (κ2) is 4.67. The van der Waals surface area contributed by atoms with Gasteiger partial charge < -0.3 is 10.8 Å². The lowest BCUT2D eigenvalue weighted by Gasteiger charge is -2.41. The average Bonchev–Trinajstić information content (AvgIpc) is 2.76. The van der Waals surface area contributed by atoms with Gasteiger partial charge in [-0.2, -0.15) is 5.10 Å². The second-order valence-corrected chi connectivity index (χ2v) is 6.15. The van der Waals surface area contributed by atoms with Crippen molar-refractivity contribution in [3.8, 4) is 0 Å². The zero-order valence-electron chi connectivity index (χ0n) is 10.9. The molecule has 0 saturated heterocycles. The second-order valence-electron chi connectivity index (χ2n) is 6.15. The first kappa shape index (κ1) is 12.2. The molecule has 0 atom stereocenters. The third-order valence-electron chi connectivity index (χ3n) is 4.41. The van der Waals surface area contributed by atoms with Gasteiger partial charge in [-0.15, -0.1) is 0 Å². The van der Waals surface area contributed by atoms with Crippen LogP contribution in [0.4, 0.5) is 0 Å². The fourth-order valence-corrected chi connectivity index (χ4v) is 3.42. The predicted octanol–water partition coefficient (Wildman–Crippen LogP) is 1.78. The van der Waals surface area contributed by atoms with Gasteiger partial charge in [0.15, 0.2) is 0 Å². The van der Waals surface area contributed by atoms with Gasteiger partial charge in [-0.3, -0.25) is 4.68 Å². The highest BCUT2D eigenvalue weighted by atomic mass is 16.3. The maximum Gasteiger partial charge on any atom is 0.0733 e. The summed E-state index contributed by atoms with van der Waals surface area (Å²) in [4.78, 5) is 0. The zero-order valence-corrected chi connectivity index (χ0v) is 10.9. The van der Waals surface area contributed by atoms with Gasteiger partial charge in [-0.25, -0.2) is 0 Å². The highest BCUT2D eigenvalue weighted by molar-refractivity contribution is 5.09. The molecule has 0 radical (unpaired) electrons. The van der Waals surface area contributed by atoms with E-state index >= 15 is 0 Å². The van der Waals surface area contributed by atoms with Crippen molar-refractivity contribution in [1.82, 2.24) is 9.78 Å². The Bertz CT molecular complexity index is 403. The number of rotatable bonds is 3. The Morgan fingerprint density at radius 1 is 1.33 bits per heavy atom. The number of aliphatic hydroxyl groups is 1. The van der Waals surface area contributed by atoms with E-state index in [2.05, 4.69) is 22.0 Å². The molecule has 0 unspecified atom stereocenters. The quantitative estimate of drug-likeness (QED) is 0.858.